The predicted octanol–water partition coefficient (Wildman–Crippen LogP) is 0.961. The average molecular weight is 132 g/mol. The van der Waals surface area contributed by atoms with Gasteiger partial charge in [-0.3, -0.25) is 4.79 Å². The summed E-state index contributed by atoms with van der Waals surface area (Å²) in [7, 11) is 4.85. The number of rotatable bonds is 2. The topological polar surface area (TPSA) is 26.3 Å². The molecule has 2 nitrogen and oxygen atoms in total. The van der Waals surface area contributed by atoms with Crippen molar-refractivity contribution in [3.63, 3.8) is 0 Å². The van der Waals surface area contributed by atoms with E-state index in [4.69, 9.17) is 8.05 Å². The summed E-state index contributed by atoms with van der Waals surface area (Å²) in [5, 5.41) is 0. The lowest BCUT2D eigenvalue weighted by Gasteiger charge is -1.97. The lowest BCUT2D eigenvalue weighted by atomic mass is 10.2. The molecule has 2 radical (unpaired) electrons. The van der Waals surface area contributed by atoms with Crippen LogP contribution in [0.5, 0.6) is 5.75 Å². The molecule has 0 unspecified atom stereocenters. The van der Waals surface area contributed by atoms with E-state index in [-0.39, 0.29) is 0 Å². The van der Waals surface area contributed by atoms with E-state index in [2.05, 4.69) is 4.65 Å². The number of carbonyl (C=O) groups excluding carboxylic acids is 1. The van der Waals surface area contributed by atoms with Gasteiger partial charge in [-0.05, 0) is 24.3 Å². The van der Waals surface area contributed by atoms with Crippen LogP contribution in [0.3, 0.4) is 0 Å². The first-order valence-corrected chi connectivity index (χ1v) is 2.79. The zero-order valence-electron chi connectivity index (χ0n) is 5.28. The van der Waals surface area contributed by atoms with Crippen molar-refractivity contribution in [1.82, 2.24) is 0 Å². The highest BCUT2D eigenvalue weighted by Gasteiger charge is 1.89. The Balaban J connectivity index is 2.90. The molecule has 0 aliphatic heterocycles. The SMILES string of the molecule is [B]Oc1ccc(C=O)cc1. The molecule has 0 bridgehead atoms. The summed E-state index contributed by atoms with van der Waals surface area (Å²) in [6.07, 6.45) is 0.764. The molecule has 0 aliphatic rings. The monoisotopic (exact) mass is 132 g/mol. The number of hydrogen-bond donors (Lipinski definition) is 0. The van der Waals surface area contributed by atoms with Gasteiger partial charge in [0.2, 0.25) is 0 Å². The number of hydrogen-bond acceptors (Lipinski definition) is 2. The fourth-order valence-corrected chi connectivity index (χ4v) is 0.625. The lowest BCUT2D eigenvalue weighted by Crippen LogP contribution is -1.85. The fourth-order valence-electron chi connectivity index (χ4n) is 0.625. The van der Waals surface area contributed by atoms with Gasteiger partial charge in [-0.2, -0.15) is 0 Å². The van der Waals surface area contributed by atoms with Crippen molar-refractivity contribution in [3.8, 4) is 5.75 Å². The molecule has 1 aromatic rings. The maximum Gasteiger partial charge on any atom is 0.374 e. The summed E-state index contributed by atoms with van der Waals surface area (Å²) >= 11 is 0. The standard InChI is InChI=1S/C7H5BO2/c8-10-7-3-1-6(5-9)2-4-7/h1-5H. The first-order valence-electron chi connectivity index (χ1n) is 2.79. The third-order valence-corrected chi connectivity index (χ3v) is 1.15. The Hall–Kier alpha value is -1.25. The first-order chi connectivity index (χ1) is 4.86. The second-order valence-electron chi connectivity index (χ2n) is 1.80. The van der Waals surface area contributed by atoms with E-state index >= 15 is 0 Å². The molecule has 0 saturated carbocycles. The lowest BCUT2D eigenvalue weighted by molar-refractivity contribution is 0.112. The van der Waals surface area contributed by atoms with Gasteiger partial charge in [0.15, 0.2) is 0 Å². The Morgan fingerprint density at radius 3 is 2.30 bits per heavy atom. The van der Waals surface area contributed by atoms with E-state index < -0.39 is 0 Å². The Kier molecular flexibility index (Phi) is 2.10. The minimum atomic E-state index is 0.547. The molecule has 10 heavy (non-hydrogen) atoms. The van der Waals surface area contributed by atoms with Gasteiger partial charge in [0, 0.05) is 5.56 Å². The van der Waals surface area contributed by atoms with Crippen LogP contribution in [0.25, 0.3) is 0 Å². The highest BCUT2D eigenvalue weighted by Crippen LogP contribution is 2.08. The Bertz CT molecular complexity index is 218. The summed E-state index contributed by atoms with van der Waals surface area (Å²) < 4.78 is 4.40. The van der Waals surface area contributed by atoms with Crippen LogP contribution in [0.4, 0.5) is 0 Å². The van der Waals surface area contributed by atoms with Gasteiger partial charge >= 0.3 is 8.05 Å². The zero-order valence-corrected chi connectivity index (χ0v) is 5.28. The second-order valence-corrected chi connectivity index (χ2v) is 1.80. The van der Waals surface area contributed by atoms with E-state index in [1.165, 1.54) is 0 Å². The van der Waals surface area contributed by atoms with Gasteiger partial charge in [-0.25, -0.2) is 0 Å². The molecule has 0 aromatic heterocycles. The van der Waals surface area contributed by atoms with Gasteiger partial charge < -0.3 is 4.65 Å². The van der Waals surface area contributed by atoms with Crippen LogP contribution < -0.4 is 4.65 Å². The van der Waals surface area contributed by atoms with Crippen LogP contribution in [-0.4, -0.2) is 14.3 Å². The number of aldehydes is 1. The van der Waals surface area contributed by atoms with Gasteiger partial charge in [0.05, 0.1) is 5.75 Å². The van der Waals surface area contributed by atoms with Gasteiger partial charge in [-0.15, -0.1) is 0 Å². The van der Waals surface area contributed by atoms with Gasteiger partial charge in [0.25, 0.3) is 0 Å². The normalized spacial score (nSPS) is 8.80. The highest BCUT2D eigenvalue weighted by molar-refractivity contribution is 5.99. The molecule has 0 N–H and O–H groups in total. The molecule has 0 heterocycles. The molecule has 0 atom stereocenters. The molecular formula is C7H5BO2. The molecule has 48 valence electrons. The van der Waals surface area contributed by atoms with Crippen LogP contribution in [0.15, 0.2) is 24.3 Å². The molecule has 0 aliphatic carbocycles. The Morgan fingerprint density at radius 1 is 1.30 bits per heavy atom. The Morgan fingerprint density at radius 2 is 1.90 bits per heavy atom. The molecule has 0 spiro atoms. The zero-order chi connectivity index (χ0) is 7.40. The van der Waals surface area contributed by atoms with Crippen molar-refractivity contribution >= 4 is 14.3 Å². The fraction of sp³-hybridized carbons (Fsp3) is 0. The summed E-state index contributed by atoms with van der Waals surface area (Å²) in [6, 6.07) is 6.53. The van der Waals surface area contributed by atoms with E-state index in [0.29, 0.717) is 11.3 Å². The smallest absolute Gasteiger partial charge is 0.374 e. The van der Waals surface area contributed by atoms with Gasteiger partial charge in [0.1, 0.15) is 6.29 Å². The van der Waals surface area contributed by atoms with Crippen molar-refractivity contribution in [2.45, 2.75) is 0 Å². The molecular weight excluding hydrogens is 127 g/mol. The van der Waals surface area contributed by atoms with Crippen molar-refractivity contribution in [2.75, 3.05) is 0 Å². The van der Waals surface area contributed by atoms with E-state index in [9.17, 15) is 4.79 Å². The quantitative estimate of drug-likeness (QED) is 0.442. The molecule has 1 aromatic carbocycles. The van der Waals surface area contributed by atoms with Crippen LogP contribution in [-0.2, 0) is 0 Å². The minimum Gasteiger partial charge on any atom is -0.568 e. The van der Waals surface area contributed by atoms with Crippen molar-refractivity contribution < 1.29 is 9.45 Å². The largest absolute Gasteiger partial charge is 0.568 e. The number of benzene rings is 1. The van der Waals surface area contributed by atoms with Gasteiger partial charge in [-0.1, -0.05) is 0 Å². The van der Waals surface area contributed by atoms with Crippen molar-refractivity contribution in [3.05, 3.63) is 29.8 Å². The van der Waals surface area contributed by atoms with E-state index in [1.54, 1.807) is 24.3 Å². The summed E-state index contributed by atoms with van der Waals surface area (Å²) in [4.78, 5) is 10.1. The van der Waals surface area contributed by atoms with Crippen LogP contribution in [0, 0.1) is 0 Å². The molecule has 3 heteroatoms. The van der Waals surface area contributed by atoms with E-state index in [0.717, 1.165) is 6.29 Å². The number of carbonyl (C=O) groups is 1. The Labute approximate surface area is 60.3 Å². The first kappa shape index (κ1) is 6.87. The van der Waals surface area contributed by atoms with Crippen molar-refractivity contribution in [1.29, 1.82) is 0 Å². The minimum absolute atomic E-state index is 0.547. The van der Waals surface area contributed by atoms with Crippen LogP contribution in [0.1, 0.15) is 10.4 Å². The van der Waals surface area contributed by atoms with Crippen LogP contribution >= 0.6 is 0 Å². The molecule has 1 rings (SSSR count). The van der Waals surface area contributed by atoms with E-state index in [1.807, 2.05) is 0 Å². The molecule has 0 saturated heterocycles. The van der Waals surface area contributed by atoms with Crippen LogP contribution in [0.2, 0.25) is 0 Å². The third kappa shape index (κ3) is 1.38. The highest BCUT2D eigenvalue weighted by atomic mass is 16.4. The maximum absolute atomic E-state index is 10.1. The summed E-state index contributed by atoms with van der Waals surface area (Å²) in [6.45, 7) is 0. The molecule has 0 fully saturated rings. The van der Waals surface area contributed by atoms with Crippen molar-refractivity contribution in [2.24, 2.45) is 0 Å². The third-order valence-electron chi connectivity index (χ3n) is 1.15. The average Bonchev–Trinajstić information content (AvgIpc) is 2.05. The predicted molar refractivity (Wildman–Crippen MR) is 38.2 cm³/mol. The summed E-state index contributed by atoms with van der Waals surface area (Å²) in [5.74, 6) is 0.547. The molecule has 0 amide bonds. The summed E-state index contributed by atoms with van der Waals surface area (Å²) in [5.41, 5.74) is 0.612. The second kappa shape index (κ2) is 3.06. The maximum atomic E-state index is 10.1.